The van der Waals surface area contributed by atoms with E-state index in [9.17, 15) is 14.4 Å². The number of esters is 3. The smallest absolute Gasteiger partial charge is 0.333 e. The van der Waals surface area contributed by atoms with Gasteiger partial charge in [-0.15, -0.1) is 0 Å². The maximum atomic E-state index is 11.5. The summed E-state index contributed by atoms with van der Waals surface area (Å²) in [5, 5.41) is 0. The van der Waals surface area contributed by atoms with Gasteiger partial charge in [-0.25, -0.2) is 14.4 Å². The second kappa shape index (κ2) is 14.7. The number of carbonyl (C=O) groups excluding carboxylic acids is 3. The quantitative estimate of drug-likeness (QED) is 0.120. The maximum absolute atomic E-state index is 11.5. The van der Waals surface area contributed by atoms with E-state index in [0.29, 0.717) is 65.7 Å². The van der Waals surface area contributed by atoms with Crippen LogP contribution in [0.2, 0.25) is 0 Å². The first kappa shape index (κ1) is 27.8. The predicted molar refractivity (Wildman–Crippen MR) is 119 cm³/mol. The molecule has 0 rings (SSSR count). The molecular weight excluding hydrogens is 404 g/mol. The molecule has 0 spiro atoms. The standard InChI is InChI=1S/C22H36O7Si/c1-16(2)19(23)26-13-7-10-22(29-30,11-8-14-27-20(24)17(3)4)12-9-15-28-21(25)18(5)6/h1,3,5,7-15H2,2,4,6,30H3. The Bertz CT molecular complexity index is 556. The van der Waals surface area contributed by atoms with Gasteiger partial charge in [-0.3, -0.25) is 0 Å². The van der Waals surface area contributed by atoms with Gasteiger partial charge in [0.1, 0.15) is 10.5 Å². The SMILES string of the molecule is C=C(C)C(=O)OCCCC(CCCOC(=O)C(=C)C)(CCCOC(=O)C(=C)C)O[SiH3]. The van der Waals surface area contributed by atoms with Crippen molar-refractivity contribution in [2.75, 3.05) is 19.8 Å². The average molecular weight is 441 g/mol. The largest absolute Gasteiger partial charge is 0.462 e. The van der Waals surface area contributed by atoms with Gasteiger partial charge in [0.25, 0.3) is 0 Å². The lowest BCUT2D eigenvalue weighted by atomic mass is 9.88. The molecule has 0 aromatic rings. The minimum Gasteiger partial charge on any atom is -0.462 e. The van der Waals surface area contributed by atoms with Crippen molar-refractivity contribution in [1.82, 2.24) is 0 Å². The van der Waals surface area contributed by atoms with Crippen LogP contribution in [-0.2, 0) is 33.0 Å². The molecule has 0 aliphatic rings. The molecule has 0 aliphatic heterocycles. The molecule has 0 bridgehead atoms. The van der Waals surface area contributed by atoms with Crippen molar-refractivity contribution in [3.8, 4) is 0 Å². The van der Waals surface area contributed by atoms with Crippen molar-refractivity contribution in [3.05, 3.63) is 36.5 Å². The van der Waals surface area contributed by atoms with Gasteiger partial charge in [0, 0.05) is 16.7 Å². The first-order chi connectivity index (χ1) is 14.0. The fourth-order valence-electron chi connectivity index (χ4n) is 2.73. The van der Waals surface area contributed by atoms with E-state index >= 15 is 0 Å². The summed E-state index contributed by atoms with van der Waals surface area (Å²) in [5.41, 5.74) is 0.629. The summed E-state index contributed by atoms with van der Waals surface area (Å²) in [7, 11) is 0.517. The summed E-state index contributed by atoms with van der Waals surface area (Å²) >= 11 is 0. The summed E-state index contributed by atoms with van der Waals surface area (Å²) in [6, 6.07) is 0. The topological polar surface area (TPSA) is 88.1 Å². The minimum atomic E-state index is -0.451. The number of rotatable bonds is 16. The first-order valence-electron chi connectivity index (χ1n) is 10.1. The summed E-state index contributed by atoms with van der Waals surface area (Å²) < 4.78 is 21.5. The number of hydrogen-bond acceptors (Lipinski definition) is 7. The molecule has 7 nitrogen and oxygen atoms in total. The Morgan fingerprint density at radius 2 is 0.933 bits per heavy atom. The fourth-order valence-corrected chi connectivity index (χ4v) is 3.34. The highest BCUT2D eigenvalue weighted by Gasteiger charge is 2.28. The zero-order valence-corrected chi connectivity index (χ0v) is 20.8. The van der Waals surface area contributed by atoms with E-state index in [1.54, 1.807) is 20.8 Å². The van der Waals surface area contributed by atoms with Gasteiger partial charge in [-0.05, 0) is 59.3 Å². The van der Waals surface area contributed by atoms with Crippen LogP contribution in [0.5, 0.6) is 0 Å². The lowest BCUT2D eigenvalue weighted by molar-refractivity contribution is -0.139. The van der Waals surface area contributed by atoms with Crippen LogP contribution in [0.1, 0.15) is 59.3 Å². The van der Waals surface area contributed by atoms with Crippen LogP contribution in [0.4, 0.5) is 0 Å². The van der Waals surface area contributed by atoms with Crippen LogP contribution in [0.3, 0.4) is 0 Å². The van der Waals surface area contributed by atoms with Gasteiger partial charge < -0.3 is 18.6 Å². The Labute approximate surface area is 183 Å². The third-order valence-corrected chi connectivity index (χ3v) is 5.37. The third kappa shape index (κ3) is 11.7. The van der Waals surface area contributed by atoms with E-state index < -0.39 is 23.5 Å². The second-order valence-electron chi connectivity index (χ2n) is 7.45. The van der Waals surface area contributed by atoms with Crippen LogP contribution in [0.15, 0.2) is 36.5 Å². The highest BCUT2D eigenvalue weighted by atomic mass is 28.2. The molecule has 0 aromatic heterocycles. The molecule has 0 aliphatic carbocycles. The molecular formula is C22H36O7Si. The predicted octanol–water partition coefficient (Wildman–Crippen LogP) is 2.72. The molecule has 170 valence electrons. The second-order valence-corrected chi connectivity index (χ2v) is 7.85. The van der Waals surface area contributed by atoms with E-state index in [2.05, 4.69) is 19.7 Å². The number of hydrogen-bond donors (Lipinski definition) is 0. The van der Waals surface area contributed by atoms with Gasteiger partial charge in [-0.2, -0.15) is 0 Å². The Balaban J connectivity index is 4.74. The molecule has 0 amide bonds. The molecule has 0 radical (unpaired) electrons. The van der Waals surface area contributed by atoms with Crippen molar-refractivity contribution in [1.29, 1.82) is 0 Å². The van der Waals surface area contributed by atoms with Crippen molar-refractivity contribution in [2.24, 2.45) is 0 Å². The first-order valence-corrected chi connectivity index (χ1v) is 10.9. The zero-order valence-electron chi connectivity index (χ0n) is 18.8. The Morgan fingerprint density at radius 1 is 0.667 bits per heavy atom. The molecule has 0 aromatic carbocycles. The minimum absolute atomic E-state index is 0.271. The Morgan fingerprint density at radius 3 is 1.13 bits per heavy atom. The van der Waals surface area contributed by atoms with Crippen molar-refractivity contribution in [2.45, 2.75) is 64.9 Å². The van der Waals surface area contributed by atoms with Gasteiger partial charge in [0.2, 0.25) is 0 Å². The zero-order chi connectivity index (χ0) is 23.2. The maximum Gasteiger partial charge on any atom is 0.333 e. The van der Waals surface area contributed by atoms with Crippen LogP contribution in [0.25, 0.3) is 0 Å². The van der Waals surface area contributed by atoms with Crippen LogP contribution >= 0.6 is 0 Å². The number of ether oxygens (including phenoxy) is 3. The van der Waals surface area contributed by atoms with E-state index in [1.165, 1.54) is 0 Å². The average Bonchev–Trinajstić information content (AvgIpc) is 2.70. The van der Waals surface area contributed by atoms with Crippen molar-refractivity contribution >= 4 is 28.4 Å². The van der Waals surface area contributed by atoms with Crippen molar-refractivity contribution < 1.29 is 33.0 Å². The molecule has 0 heterocycles. The van der Waals surface area contributed by atoms with Gasteiger partial charge >= 0.3 is 17.9 Å². The molecule has 30 heavy (non-hydrogen) atoms. The summed E-state index contributed by atoms with van der Waals surface area (Å²) in [6.07, 6.45) is 3.88. The van der Waals surface area contributed by atoms with Gasteiger partial charge in [0.15, 0.2) is 0 Å². The fraction of sp³-hybridized carbons (Fsp3) is 0.591. The third-order valence-electron chi connectivity index (χ3n) is 4.51. The van der Waals surface area contributed by atoms with Crippen LogP contribution in [0, 0.1) is 0 Å². The highest BCUT2D eigenvalue weighted by Crippen LogP contribution is 2.29. The molecule has 0 fully saturated rings. The lowest BCUT2D eigenvalue weighted by Crippen LogP contribution is -2.33. The van der Waals surface area contributed by atoms with Crippen LogP contribution < -0.4 is 0 Å². The van der Waals surface area contributed by atoms with E-state index in [0.717, 1.165) is 0 Å². The highest BCUT2D eigenvalue weighted by molar-refractivity contribution is 5.98. The van der Waals surface area contributed by atoms with Gasteiger partial charge in [0.05, 0.1) is 25.4 Å². The molecule has 0 unspecified atom stereocenters. The molecule has 0 saturated heterocycles. The lowest BCUT2D eigenvalue weighted by Gasteiger charge is -2.33. The van der Waals surface area contributed by atoms with Crippen molar-refractivity contribution in [3.63, 3.8) is 0 Å². The molecule has 8 heteroatoms. The summed E-state index contributed by atoms with van der Waals surface area (Å²) in [6.45, 7) is 16.3. The summed E-state index contributed by atoms with van der Waals surface area (Å²) in [5.74, 6) is -1.23. The van der Waals surface area contributed by atoms with Gasteiger partial charge in [-0.1, -0.05) is 19.7 Å². The number of carbonyl (C=O) groups is 3. The Hall–Kier alpha value is -2.19. The normalized spacial score (nSPS) is 10.9. The monoisotopic (exact) mass is 440 g/mol. The van der Waals surface area contributed by atoms with Crippen LogP contribution in [-0.4, -0.2) is 53.8 Å². The summed E-state index contributed by atoms with van der Waals surface area (Å²) in [4.78, 5) is 34.6. The van der Waals surface area contributed by atoms with E-state index in [-0.39, 0.29) is 19.8 Å². The molecule has 0 saturated carbocycles. The molecule has 0 atom stereocenters. The molecule has 0 N–H and O–H groups in total. The van der Waals surface area contributed by atoms with E-state index in [1.807, 2.05) is 0 Å². The van der Waals surface area contributed by atoms with E-state index in [4.69, 9.17) is 18.6 Å². The Kier molecular flexibility index (Phi) is 13.7.